The molecule has 4 rings (SSSR count). The van der Waals surface area contributed by atoms with Crippen LogP contribution in [0.2, 0.25) is 0 Å². The standard InChI is InChI=1S/C21H27N3O3/c22-13-16-8-4-5-11-23(16)19(25)14-9-10-17-18(12-14)21(27)24(20(17)26)15-6-2-1-3-7-15/h9-10,12,15-16H,1-8,11,13,22H2. The van der Waals surface area contributed by atoms with Gasteiger partial charge >= 0.3 is 0 Å². The van der Waals surface area contributed by atoms with E-state index in [-0.39, 0.29) is 29.8 Å². The zero-order valence-corrected chi connectivity index (χ0v) is 15.7. The lowest BCUT2D eigenvalue weighted by Gasteiger charge is -2.35. The van der Waals surface area contributed by atoms with Gasteiger partial charge in [0.15, 0.2) is 0 Å². The number of hydrogen-bond donors (Lipinski definition) is 1. The molecule has 2 N–H and O–H groups in total. The van der Waals surface area contributed by atoms with Gasteiger partial charge in [0.05, 0.1) is 11.1 Å². The van der Waals surface area contributed by atoms with Gasteiger partial charge in [0.1, 0.15) is 0 Å². The van der Waals surface area contributed by atoms with Crippen LogP contribution in [0.15, 0.2) is 18.2 Å². The van der Waals surface area contributed by atoms with Crippen LogP contribution in [0.5, 0.6) is 0 Å². The zero-order valence-electron chi connectivity index (χ0n) is 15.7. The molecule has 3 aliphatic rings. The summed E-state index contributed by atoms with van der Waals surface area (Å²) in [4.78, 5) is 42.0. The molecule has 0 spiro atoms. The molecule has 27 heavy (non-hydrogen) atoms. The van der Waals surface area contributed by atoms with Crippen LogP contribution >= 0.6 is 0 Å². The Hall–Kier alpha value is -2.21. The van der Waals surface area contributed by atoms with Crippen molar-refractivity contribution in [3.8, 4) is 0 Å². The van der Waals surface area contributed by atoms with E-state index in [4.69, 9.17) is 5.73 Å². The molecule has 1 saturated carbocycles. The number of nitrogens with two attached hydrogens (primary N) is 1. The molecule has 1 aliphatic carbocycles. The van der Waals surface area contributed by atoms with Crippen LogP contribution in [-0.2, 0) is 0 Å². The largest absolute Gasteiger partial charge is 0.334 e. The Labute approximate surface area is 159 Å². The molecule has 6 nitrogen and oxygen atoms in total. The van der Waals surface area contributed by atoms with Crippen molar-refractivity contribution in [1.29, 1.82) is 0 Å². The van der Waals surface area contributed by atoms with Crippen molar-refractivity contribution in [3.05, 3.63) is 34.9 Å². The SMILES string of the molecule is NCC1CCCCN1C(=O)c1ccc2c(c1)C(=O)N(C1CCCCC1)C2=O. The van der Waals surface area contributed by atoms with Gasteiger partial charge in [-0.25, -0.2) is 0 Å². The molecule has 3 amide bonds. The van der Waals surface area contributed by atoms with E-state index in [0.717, 1.165) is 51.4 Å². The number of rotatable bonds is 3. The monoisotopic (exact) mass is 369 g/mol. The summed E-state index contributed by atoms with van der Waals surface area (Å²) in [5.41, 5.74) is 7.11. The van der Waals surface area contributed by atoms with Crippen molar-refractivity contribution in [2.75, 3.05) is 13.1 Å². The number of carbonyl (C=O) groups excluding carboxylic acids is 3. The Morgan fingerprint density at radius 3 is 2.41 bits per heavy atom. The Balaban J connectivity index is 1.60. The van der Waals surface area contributed by atoms with Crippen molar-refractivity contribution in [2.45, 2.75) is 63.5 Å². The average molecular weight is 369 g/mol. The topological polar surface area (TPSA) is 83.7 Å². The van der Waals surface area contributed by atoms with Gasteiger partial charge in [-0.3, -0.25) is 19.3 Å². The van der Waals surface area contributed by atoms with Gasteiger partial charge in [-0.05, 0) is 50.3 Å². The van der Waals surface area contributed by atoms with E-state index < -0.39 is 0 Å². The third-order valence-corrected chi connectivity index (χ3v) is 6.26. The minimum Gasteiger partial charge on any atom is -0.334 e. The molecule has 144 valence electrons. The van der Waals surface area contributed by atoms with Crippen molar-refractivity contribution >= 4 is 17.7 Å². The highest BCUT2D eigenvalue weighted by Crippen LogP contribution is 2.32. The fourth-order valence-corrected chi connectivity index (χ4v) is 4.74. The summed E-state index contributed by atoms with van der Waals surface area (Å²) < 4.78 is 0. The summed E-state index contributed by atoms with van der Waals surface area (Å²) in [6.07, 6.45) is 8.00. The van der Waals surface area contributed by atoms with E-state index >= 15 is 0 Å². The van der Waals surface area contributed by atoms with Gasteiger partial charge in [0, 0.05) is 30.7 Å². The lowest BCUT2D eigenvalue weighted by atomic mass is 9.94. The molecule has 0 radical (unpaired) electrons. The summed E-state index contributed by atoms with van der Waals surface area (Å²) >= 11 is 0. The number of hydrogen-bond acceptors (Lipinski definition) is 4. The molecule has 2 aliphatic heterocycles. The number of benzene rings is 1. The Kier molecular flexibility index (Phi) is 5.00. The minimum absolute atomic E-state index is 0.00554. The van der Waals surface area contributed by atoms with Crippen molar-refractivity contribution in [3.63, 3.8) is 0 Å². The van der Waals surface area contributed by atoms with Gasteiger partial charge in [0.25, 0.3) is 17.7 Å². The summed E-state index contributed by atoms with van der Waals surface area (Å²) in [5, 5.41) is 0. The second-order valence-corrected chi connectivity index (χ2v) is 7.92. The van der Waals surface area contributed by atoms with Crippen molar-refractivity contribution in [1.82, 2.24) is 9.80 Å². The maximum atomic E-state index is 13.0. The predicted octanol–water partition coefficient (Wildman–Crippen LogP) is 2.57. The van der Waals surface area contributed by atoms with Crippen LogP contribution in [-0.4, -0.2) is 52.7 Å². The number of piperidine rings is 1. The molecule has 6 heteroatoms. The lowest BCUT2D eigenvalue weighted by molar-refractivity contribution is 0.0548. The van der Waals surface area contributed by atoms with E-state index in [1.165, 1.54) is 4.90 Å². The maximum Gasteiger partial charge on any atom is 0.261 e. The normalized spacial score (nSPS) is 23.7. The first-order valence-electron chi connectivity index (χ1n) is 10.1. The lowest BCUT2D eigenvalue weighted by Crippen LogP contribution is -2.47. The summed E-state index contributed by atoms with van der Waals surface area (Å²) in [6, 6.07) is 4.99. The molecule has 0 aromatic heterocycles. The van der Waals surface area contributed by atoms with Crippen LogP contribution in [0.3, 0.4) is 0 Å². The van der Waals surface area contributed by atoms with E-state index in [1.54, 1.807) is 18.2 Å². The molecule has 1 aromatic carbocycles. The molecule has 1 saturated heterocycles. The van der Waals surface area contributed by atoms with Gasteiger partial charge in [-0.15, -0.1) is 0 Å². The first-order chi connectivity index (χ1) is 13.1. The van der Waals surface area contributed by atoms with Crippen LogP contribution in [0, 0.1) is 0 Å². The minimum atomic E-state index is -0.245. The highest BCUT2D eigenvalue weighted by atomic mass is 16.2. The molecule has 1 aromatic rings. The quantitative estimate of drug-likeness (QED) is 0.830. The van der Waals surface area contributed by atoms with Crippen LogP contribution in [0.4, 0.5) is 0 Å². The fraction of sp³-hybridized carbons (Fsp3) is 0.571. The summed E-state index contributed by atoms with van der Waals surface area (Å²) in [6.45, 7) is 1.14. The number of imide groups is 1. The molecule has 1 atom stereocenters. The number of likely N-dealkylation sites (tertiary alicyclic amines) is 1. The van der Waals surface area contributed by atoms with Gasteiger partial charge in [-0.2, -0.15) is 0 Å². The molecule has 1 unspecified atom stereocenters. The summed E-state index contributed by atoms with van der Waals surface area (Å²) in [5.74, 6) is -0.548. The Bertz CT molecular complexity index is 770. The second kappa shape index (κ2) is 7.43. The van der Waals surface area contributed by atoms with Crippen LogP contribution in [0.1, 0.15) is 82.4 Å². The Morgan fingerprint density at radius 2 is 1.67 bits per heavy atom. The van der Waals surface area contributed by atoms with Crippen LogP contribution < -0.4 is 5.73 Å². The first-order valence-corrected chi connectivity index (χ1v) is 10.1. The third kappa shape index (κ3) is 3.16. The van der Waals surface area contributed by atoms with E-state index in [9.17, 15) is 14.4 Å². The van der Waals surface area contributed by atoms with Gasteiger partial charge in [-0.1, -0.05) is 19.3 Å². The molecular formula is C21H27N3O3. The summed E-state index contributed by atoms with van der Waals surface area (Å²) in [7, 11) is 0. The van der Waals surface area contributed by atoms with Gasteiger partial charge < -0.3 is 10.6 Å². The Morgan fingerprint density at radius 1 is 0.963 bits per heavy atom. The third-order valence-electron chi connectivity index (χ3n) is 6.26. The molecular weight excluding hydrogens is 342 g/mol. The predicted molar refractivity (Wildman–Crippen MR) is 102 cm³/mol. The van der Waals surface area contributed by atoms with Crippen LogP contribution in [0.25, 0.3) is 0 Å². The van der Waals surface area contributed by atoms with E-state index in [0.29, 0.717) is 29.8 Å². The molecule has 2 fully saturated rings. The number of nitrogens with zero attached hydrogens (tertiary/aromatic N) is 2. The molecule has 2 heterocycles. The zero-order chi connectivity index (χ0) is 19.0. The second-order valence-electron chi connectivity index (χ2n) is 7.92. The first kappa shape index (κ1) is 18.2. The average Bonchev–Trinajstić information content (AvgIpc) is 2.98. The highest BCUT2D eigenvalue weighted by molar-refractivity contribution is 6.22. The maximum absolute atomic E-state index is 13.0. The van der Waals surface area contributed by atoms with Gasteiger partial charge in [0.2, 0.25) is 0 Å². The smallest absolute Gasteiger partial charge is 0.261 e. The number of amides is 3. The van der Waals surface area contributed by atoms with Crippen molar-refractivity contribution < 1.29 is 14.4 Å². The van der Waals surface area contributed by atoms with Crippen molar-refractivity contribution in [2.24, 2.45) is 5.73 Å². The van der Waals surface area contributed by atoms with E-state index in [2.05, 4.69) is 0 Å². The fourth-order valence-electron chi connectivity index (χ4n) is 4.74. The number of carbonyl (C=O) groups is 3. The highest BCUT2D eigenvalue weighted by Gasteiger charge is 2.40. The number of fused-ring (bicyclic) bond motifs is 1. The van der Waals surface area contributed by atoms with E-state index in [1.807, 2.05) is 4.90 Å². The molecule has 0 bridgehead atoms.